The molecule has 1 atom stereocenters. The number of alkyl halides is 3. The number of benzene rings is 1. The van der Waals surface area contributed by atoms with Gasteiger partial charge in [-0.2, -0.15) is 13.2 Å². The lowest BCUT2D eigenvalue weighted by molar-refractivity contribution is -0.137. The third-order valence-electron chi connectivity index (χ3n) is 3.41. The fourth-order valence-electron chi connectivity index (χ4n) is 2.26. The zero-order valence-corrected chi connectivity index (χ0v) is 12.3. The van der Waals surface area contributed by atoms with Crippen molar-refractivity contribution in [1.82, 2.24) is 4.90 Å². The van der Waals surface area contributed by atoms with Crippen LogP contribution in [-0.2, 0) is 10.9 Å². The van der Waals surface area contributed by atoms with Crippen molar-refractivity contribution < 1.29 is 17.9 Å². The summed E-state index contributed by atoms with van der Waals surface area (Å²) >= 11 is 0. The smallest absolute Gasteiger partial charge is 0.371 e. The molecule has 1 aromatic carbocycles. The van der Waals surface area contributed by atoms with E-state index in [1.165, 1.54) is 12.1 Å². The first kappa shape index (κ1) is 17.3. The average molecular weight is 310 g/mol. The van der Waals surface area contributed by atoms with E-state index in [0.717, 1.165) is 12.6 Å². The molecule has 0 aromatic heterocycles. The van der Waals surface area contributed by atoms with Crippen molar-refractivity contribution in [1.29, 1.82) is 0 Å². The van der Waals surface area contributed by atoms with E-state index in [2.05, 4.69) is 18.7 Å². The molecule has 0 aliphatic carbocycles. The van der Waals surface area contributed by atoms with Crippen molar-refractivity contribution in [2.24, 2.45) is 0 Å². The van der Waals surface area contributed by atoms with Crippen LogP contribution in [-0.4, -0.2) is 30.6 Å². The fourth-order valence-corrected chi connectivity index (χ4v) is 2.26. The van der Waals surface area contributed by atoms with Crippen LogP contribution in [0, 0.1) is 0 Å². The zero-order valence-electron chi connectivity index (χ0n) is 11.5. The van der Waals surface area contributed by atoms with Crippen LogP contribution in [0.5, 0.6) is 0 Å². The van der Waals surface area contributed by atoms with Gasteiger partial charge in [-0.3, -0.25) is 4.90 Å². The van der Waals surface area contributed by atoms with Crippen molar-refractivity contribution in [3.63, 3.8) is 0 Å². The molecule has 1 heterocycles. The van der Waals surface area contributed by atoms with Crippen LogP contribution in [0.1, 0.15) is 31.1 Å². The fraction of sp³-hybridized carbons (Fsp3) is 0.571. The maximum Gasteiger partial charge on any atom is 0.416 e. The SMILES string of the molecule is CC(C)N1CCO[C@@H](c2cccc(C(F)(F)F)c2)C1.Cl. The second-order valence-corrected chi connectivity index (χ2v) is 5.07. The van der Waals surface area contributed by atoms with Gasteiger partial charge < -0.3 is 4.74 Å². The molecule has 20 heavy (non-hydrogen) atoms. The minimum Gasteiger partial charge on any atom is -0.371 e. The molecule has 0 saturated carbocycles. The summed E-state index contributed by atoms with van der Waals surface area (Å²) in [6.07, 6.45) is -4.58. The Labute approximate surface area is 123 Å². The molecule has 1 aliphatic heterocycles. The number of nitrogens with zero attached hydrogens (tertiary/aromatic N) is 1. The molecule has 2 nitrogen and oxygen atoms in total. The highest BCUT2D eigenvalue weighted by atomic mass is 35.5. The van der Waals surface area contributed by atoms with Crippen LogP contribution in [0.2, 0.25) is 0 Å². The molecule has 0 radical (unpaired) electrons. The predicted molar refractivity (Wildman–Crippen MR) is 74.1 cm³/mol. The van der Waals surface area contributed by atoms with Crippen LogP contribution in [0.15, 0.2) is 24.3 Å². The normalized spacial score (nSPS) is 20.8. The summed E-state index contributed by atoms with van der Waals surface area (Å²) in [7, 11) is 0. The first-order chi connectivity index (χ1) is 8.88. The van der Waals surface area contributed by atoms with Crippen LogP contribution in [0.4, 0.5) is 13.2 Å². The van der Waals surface area contributed by atoms with Gasteiger partial charge in [0.1, 0.15) is 0 Å². The summed E-state index contributed by atoms with van der Waals surface area (Å²) in [6, 6.07) is 5.79. The minimum absolute atomic E-state index is 0. The van der Waals surface area contributed by atoms with Crippen molar-refractivity contribution in [3.05, 3.63) is 35.4 Å². The summed E-state index contributed by atoms with van der Waals surface area (Å²) in [4.78, 5) is 2.22. The number of halogens is 4. The molecule has 0 amide bonds. The molecule has 114 valence electrons. The molecule has 0 unspecified atom stereocenters. The van der Waals surface area contributed by atoms with Gasteiger partial charge in [0.2, 0.25) is 0 Å². The Morgan fingerprint density at radius 3 is 2.60 bits per heavy atom. The Morgan fingerprint density at radius 1 is 1.30 bits per heavy atom. The van der Waals surface area contributed by atoms with Crippen LogP contribution in [0.25, 0.3) is 0 Å². The second kappa shape index (κ2) is 6.78. The molecule has 0 bridgehead atoms. The van der Waals surface area contributed by atoms with Gasteiger partial charge in [-0.1, -0.05) is 12.1 Å². The topological polar surface area (TPSA) is 12.5 Å². The summed E-state index contributed by atoms with van der Waals surface area (Å²) in [5.74, 6) is 0. The maximum atomic E-state index is 12.7. The van der Waals surface area contributed by atoms with Gasteiger partial charge in [-0.25, -0.2) is 0 Å². The Balaban J connectivity index is 0.00000200. The highest BCUT2D eigenvalue weighted by Gasteiger charge is 2.32. The van der Waals surface area contributed by atoms with E-state index in [9.17, 15) is 13.2 Å². The number of morpholine rings is 1. The summed E-state index contributed by atoms with van der Waals surface area (Å²) in [5.41, 5.74) is -0.0181. The Bertz CT molecular complexity index is 437. The Hall–Kier alpha value is -0.780. The number of hydrogen-bond donors (Lipinski definition) is 0. The molecule has 0 spiro atoms. The van der Waals surface area contributed by atoms with Gasteiger partial charge in [0.05, 0.1) is 18.3 Å². The van der Waals surface area contributed by atoms with Crippen LogP contribution < -0.4 is 0 Å². The van der Waals surface area contributed by atoms with E-state index >= 15 is 0 Å². The summed E-state index contributed by atoms with van der Waals surface area (Å²) in [6.45, 7) is 6.17. The van der Waals surface area contributed by atoms with E-state index in [-0.39, 0.29) is 18.5 Å². The molecule has 6 heteroatoms. The van der Waals surface area contributed by atoms with Gasteiger partial charge in [0.25, 0.3) is 0 Å². The number of rotatable bonds is 2. The number of ether oxygens (including phenoxy) is 1. The van der Waals surface area contributed by atoms with E-state index in [1.54, 1.807) is 6.07 Å². The number of hydrogen-bond acceptors (Lipinski definition) is 2. The Kier molecular flexibility index (Phi) is 5.86. The summed E-state index contributed by atoms with van der Waals surface area (Å²) < 4.78 is 43.7. The molecule has 1 aliphatic rings. The highest BCUT2D eigenvalue weighted by Crippen LogP contribution is 2.32. The first-order valence-electron chi connectivity index (χ1n) is 6.40. The zero-order chi connectivity index (χ0) is 14.0. The summed E-state index contributed by atoms with van der Waals surface area (Å²) in [5, 5.41) is 0. The lowest BCUT2D eigenvalue weighted by atomic mass is 10.0. The highest BCUT2D eigenvalue weighted by molar-refractivity contribution is 5.85. The van der Waals surface area contributed by atoms with Gasteiger partial charge in [0, 0.05) is 19.1 Å². The van der Waals surface area contributed by atoms with Gasteiger partial charge in [-0.15, -0.1) is 12.4 Å². The van der Waals surface area contributed by atoms with Gasteiger partial charge >= 0.3 is 6.18 Å². The van der Waals surface area contributed by atoms with Crippen LogP contribution >= 0.6 is 12.4 Å². The predicted octanol–water partition coefficient (Wildman–Crippen LogP) is 3.91. The molecule has 2 rings (SSSR count). The maximum absolute atomic E-state index is 12.7. The molecule has 0 N–H and O–H groups in total. The van der Waals surface area contributed by atoms with E-state index in [1.807, 2.05) is 0 Å². The van der Waals surface area contributed by atoms with Gasteiger partial charge in [-0.05, 0) is 31.5 Å². The van der Waals surface area contributed by atoms with Crippen LogP contribution in [0.3, 0.4) is 0 Å². The molecule has 1 saturated heterocycles. The van der Waals surface area contributed by atoms with Crippen molar-refractivity contribution >= 4 is 12.4 Å². The third-order valence-corrected chi connectivity index (χ3v) is 3.41. The monoisotopic (exact) mass is 309 g/mol. The van der Waals surface area contributed by atoms with E-state index in [0.29, 0.717) is 24.8 Å². The largest absolute Gasteiger partial charge is 0.416 e. The van der Waals surface area contributed by atoms with Crippen molar-refractivity contribution in [2.45, 2.75) is 32.2 Å². The molecule has 1 fully saturated rings. The van der Waals surface area contributed by atoms with Crippen molar-refractivity contribution in [2.75, 3.05) is 19.7 Å². The standard InChI is InChI=1S/C14H18F3NO.ClH/c1-10(2)18-6-7-19-13(9-18)11-4-3-5-12(8-11)14(15,16)17;/h3-5,8,10,13H,6-7,9H2,1-2H3;1H/t13-;/m1./s1. The quantitative estimate of drug-likeness (QED) is 0.821. The lowest BCUT2D eigenvalue weighted by Gasteiger charge is -2.35. The lowest BCUT2D eigenvalue weighted by Crippen LogP contribution is -2.42. The molecule has 1 aromatic rings. The van der Waals surface area contributed by atoms with Crippen molar-refractivity contribution in [3.8, 4) is 0 Å². The van der Waals surface area contributed by atoms with E-state index in [4.69, 9.17) is 4.74 Å². The molecular formula is C14H19ClF3NO. The Morgan fingerprint density at radius 2 is 2.00 bits per heavy atom. The minimum atomic E-state index is -4.30. The third kappa shape index (κ3) is 4.11. The molecular weight excluding hydrogens is 291 g/mol. The average Bonchev–Trinajstić information content (AvgIpc) is 2.38. The first-order valence-corrected chi connectivity index (χ1v) is 6.40. The van der Waals surface area contributed by atoms with E-state index < -0.39 is 11.7 Å². The second-order valence-electron chi connectivity index (χ2n) is 5.07. The van der Waals surface area contributed by atoms with Gasteiger partial charge in [0.15, 0.2) is 0 Å².